The molecule has 3 aromatic heterocycles. The van der Waals surface area contributed by atoms with Crippen molar-refractivity contribution in [3.8, 4) is 23.0 Å². The molecule has 0 saturated carbocycles. The van der Waals surface area contributed by atoms with Gasteiger partial charge in [0.2, 0.25) is 5.88 Å². The number of hydrogen-bond acceptors (Lipinski definition) is 5. The van der Waals surface area contributed by atoms with Gasteiger partial charge in [-0.2, -0.15) is 0 Å². The topological polar surface area (TPSA) is 90.6 Å². The number of nitrogens with zero attached hydrogens (tertiary/aromatic N) is 5. The van der Waals surface area contributed by atoms with Crippen molar-refractivity contribution in [1.29, 1.82) is 0 Å². The van der Waals surface area contributed by atoms with Crippen molar-refractivity contribution in [2.75, 3.05) is 7.11 Å². The number of imidazole rings is 1. The molecule has 0 fully saturated rings. The summed E-state index contributed by atoms with van der Waals surface area (Å²) in [6.07, 6.45) is 3.52. The SMILES string of the molecule is COc1ccn(-c2ccc(Cn3c(=O)[nH]c4cnc(-c5ccccc5C(C)C)nc43)cc2)n1. The number of nitrogens with one attached hydrogen (secondary N) is 1. The Kier molecular flexibility index (Phi) is 5.26. The first kappa shape index (κ1) is 20.7. The van der Waals surface area contributed by atoms with Gasteiger partial charge in [0.25, 0.3) is 0 Å². The van der Waals surface area contributed by atoms with Crippen molar-refractivity contribution in [3.05, 3.63) is 88.6 Å². The average Bonchev–Trinajstić information content (AvgIpc) is 3.44. The van der Waals surface area contributed by atoms with Gasteiger partial charge in [-0.15, -0.1) is 5.10 Å². The van der Waals surface area contributed by atoms with Crippen molar-refractivity contribution in [2.45, 2.75) is 26.3 Å². The van der Waals surface area contributed by atoms with Crippen LogP contribution in [0.5, 0.6) is 5.88 Å². The predicted molar refractivity (Wildman–Crippen MR) is 127 cm³/mol. The molecule has 0 aliphatic carbocycles. The summed E-state index contributed by atoms with van der Waals surface area (Å²) in [5.74, 6) is 1.50. The summed E-state index contributed by atoms with van der Waals surface area (Å²) in [7, 11) is 1.59. The maximum absolute atomic E-state index is 12.7. The smallest absolute Gasteiger partial charge is 0.328 e. The summed E-state index contributed by atoms with van der Waals surface area (Å²) in [5.41, 5.74) is 5.03. The summed E-state index contributed by atoms with van der Waals surface area (Å²) in [6.45, 7) is 4.68. The Morgan fingerprint density at radius 2 is 1.85 bits per heavy atom. The molecule has 0 amide bonds. The summed E-state index contributed by atoms with van der Waals surface area (Å²) < 4.78 is 8.53. The lowest BCUT2D eigenvalue weighted by molar-refractivity contribution is 0.394. The van der Waals surface area contributed by atoms with Crippen molar-refractivity contribution >= 4 is 11.2 Å². The highest BCUT2D eigenvalue weighted by atomic mass is 16.5. The molecule has 2 aromatic carbocycles. The second-order valence-corrected chi connectivity index (χ2v) is 8.16. The molecule has 0 atom stereocenters. The van der Waals surface area contributed by atoms with Crippen molar-refractivity contribution in [2.24, 2.45) is 0 Å². The van der Waals surface area contributed by atoms with E-state index in [-0.39, 0.29) is 5.69 Å². The van der Waals surface area contributed by atoms with Crippen LogP contribution in [-0.2, 0) is 6.54 Å². The van der Waals surface area contributed by atoms with E-state index in [0.29, 0.717) is 35.3 Å². The number of hydrogen-bond donors (Lipinski definition) is 1. The third-order valence-electron chi connectivity index (χ3n) is 5.65. The third-order valence-corrected chi connectivity index (χ3v) is 5.65. The van der Waals surface area contributed by atoms with Crippen LogP contribution >= 0.6 is 0 Å². The third kappa shape index (κ3) is 3.91. The van der Waals surface area contributed by atoms with E-state index in [0.717, 1.165) is 16.8 Å². The first-order valence-corrected chi connectivity index (χ1v) is 10.8. The van der Waals surface area contributed by atoms with E-state index in [2.05, 4.69) is 35.0 Å². The Morgan fingerprint density at radius 1 is 1.06 bits per heavy atom. The van der Waals surface area contributed by atoms with Crippen LogP contribution < -0.4 is 10.4 Å². The van der Waals surface area contributed by atoms with Gasteiger partial charge in [-0.25, -0.2) is 19.4 Å². The Hall–Kier alpha value is -4.20. The zero-order valence-electron chi connectivity index (χ0n) is 18.7. The Balaban J connectivity index is 1.49. The molecule has 3 heterocycles. The summed E-state index contributed by atoms with van der Waals surface area (Å²) in [4.78, 5) is 24.9. The normalized spacial score (nSPS) is 11.4. The van der Waals surface area contributed by atoms with E-state index in [9.17, 15) is 4.79 Å². The highest BCUT2D eigenvalue weighted by Crippen LogP contribution is 2.27. The summed E-state index contributed by atoms with van der Waals surface area (Å²) in [5, 5.41) is 4.33. The molecule has 0 bridgehead atoms. The number of methoxy groups -OCH3 is 1. The number of fused-ring (bicyclic) bond motifs is 1. The molecule has 0 aliphatic heterocycles. The lowest BCUT2D eigenvalue weighted by Crippen LogP contribution is -2.17. The minimum Gasteiger partial charge on any atom is -0.480 e. The van der Waals surface area contributed by atoms with Gasteiger partial charge >= 0.3 is 5.69 Å². The number of ether oxygens (including phenoxy) is 1. The number of aromatic amines is 1. The second kappa shape index (κ2) is 8.38. The van der Waals surface area contributed by atoms with E-state index >= 15 is 0 Å². The van der Waals surface area contributed by atoms with Gasteiger partial charge in [0.15, 0.2) is 11.5 Å². The Bertz CT molecular complexity index is 1480. The Morgan fingerprint density at radius 3 is 2.58 bits per heavy atom. The Labute approximate surface area is 190 Å². The van der Waals surface area contributed by atoms with E-state index in [1.54, 1.807) is 28.6 Å². The van der Waals surface area contributed by atoms with Gasteiger partial charge in [0.1, 0.15) is 5.52 Å². The number of benzene rings is 2. The van der Waals surface area contributed by atoms with Crippen molar-refractivity contribution in [3.63, 3.8) is 0 Å². The molecule has 0 radical (unpaired) electrons. The second-order valence-electron chi connectivity index (χ2n) is 8.16. The fraction of sp³-hybridized carbons (Fsp3) is 0.200. The summed E-state index contributed by atoms with van der Waals surface area (Å²) >= 11 is 0. The summed E-state index contributed by atoms with van der Waals surface area (Å²) in [6, 6.07) is 17.8. The fourth-order valence-electron chi connectivity index (χ4n) is 3.92. The first-order valence-electron chi connectivity index (χ1n) is 10.8. The molecule has 5 rings (SSSR count). The highest BCUT2D eigenvalue weighted by molar-refractivity contribution is 5.73. The van der Waals surface area contributed by atoms with Gasteiger partial charge in [-0.3, -0.25) is 4.57 Å². The molecule has 33 heavy (non-hydrogen) atoms. The first-order chi connectivity index (χ1) is 16.0. The molecule has 166 valence electrons. The van der Waals surface area contributed by atoms with Crippen LogP contribution in [0.25, 0.3) is 28.2 Å². The maximum atomic E-state index is 12.7. The molecule has 8 nitrogen and oxygen atoms in total. The van der Waals surface area contributed by atoms with Crippen LogP contribution in [0.4, 0.5) is 0 Å². The van der Waals surface area contributed by atoms with Crippen LogP contribution in [0.15, 0.2) is 71.8 Å². The predicted octanol–water partition coefficient (Wildman–Crippen LogP) is 4.15. The van der Waals surface area contributed by atoms with E-state index in [1.165, 1.54) is 5.56 Å². The van der Waals surface area contributed by atoms with Crippen LogP contribution in [-0.4, -0.2) is 36.4 Å². The molecule has 8 heteroatoms. The van der Waals surface area contributed by atoms with E-state index in [1.807, 2.05) is 48.7 Å². The van der Waals surface area contributed by atoms with Crippen LogP contribution in [0.3, 0.4) is 0 Å². The average molecular weight is 441 g/mol. The zero-order valence-corrected chi connectivity index (χ0v) is 18.7. The number of aromatic nitrogens is 6. The van der Waals surface area contributed by atoms with Gasteiger partial charge in [0.05, 0.1) is 25.5 Å². The van der Waals surface area contributed by atoms with E-state index < -0.39 is 0 Å². The quantitative estimate of drug-likeness (QED) is 0.428. The molecule has 1 N–H and O–H groups in total. The minimum absolute atomic E-state index is 0.213. The van der Waals surface area contributed by atoms with Crippen molar-refractivity contribution in [1.82, 2.24) is 29.3 Å². The number of H-pyrrole nitrogens is 1. The van der Waals surface area contributed by atoms with Gasteiger partial charge < -0.3 is 9.72 Å². The lowest BCUT2D eigenvalue weighted by atomic mass is 9.97. The largest absolute Gasteiger partial charge is 0.480 e. The fourth-order valence-corrected chi connectivity index (χ4v) is 3.92. The van der Waals surface area contributed by atoms with Gasteiger partial charge in [-0.05, 0) is 29.2 Å². The van der Waals surface area contributed by atoms with Crippen LogP contribution in [0.1, 0.15) is 30.9 Å². The molecule has 5 aromatic rings. The van der Waals surface area contributed by atoms with Crippen LogP contribution in [0, 0.1) is 0 Å². The van der Waals surface area contributed by atoms with Gasteiger partial charge in [-0.1, -0.05) is 50.2 Å². The molecular weight excluding hydrogens is 416 g/mol. The zero-order chi connectivity index (χ0) is 22.9. The molecular formula is C25H24N6O2. The minimum atomic E-state index is -0.213. The molecule has 0 saturated heterocycles. The monoisotopic (exact) mass is 440 g/mol. The van der Waals surface area contributed by atoms with Crippen molar-refractivity contribution < 1.29 is 4.74 Å². The standard InChI is InChI=1S/C25H24N6O2/c1-16(2)19-6-4-5-7-20(19)23-26-14-21-24(28-23)30(25(32)27-21)15-17-8-10-18(11-9-17)31-13-12-22(29-31)33-3/h4-14,16H,15H2,1-3H3,(H,27,32). The molecule has 0 unspecified atom stereocenters. The highest BCUT2D eigenvalue weighted by Gasteiger charge is 2.15. The van der Waals surface area contributed by atoms with Gasteiger partial charge in [0, 0.05) is 17.8 Å². The number of rotatable bonds is 6. The van der Waals surface area contributed by atoms with E-state index in [4.69, 9.17) is 9.72 Å². The lowest BCUT2D eigenvalue weighted by Gasteiger charge is -2.11. The molecule has 0 aliphatic rings. The van der Waals surface area contributed by atoms with Crippen LogP contribution in [0.2, 0.25) is 0 Å². The maximum Gasteiger partial charge on any atom is 0.328 e. The molecule has 0 spiro atoms.